The lowest BCUT2D eigenvalue weighted by Crippen LogP contribution is -2.61. The van der Waals surface area contributed by atoms with Gasteiger partial charge in [-0.3, -0.25) is 14.4 Å². The number of hydrogen-bond acceptors (Lipinski definition) is 8. The van der Waals surface area contributed by atoms with Crippen LogP contribution in [-0.2, 0) is 44.7 Å². The zero-order valence-corrected chi connectivity index (χ0v) is 16.5. The second-order valence-corrected chi connectivity index (χ2v) is 6.59. The molecule has 1 saturated heterocycles. The van der Waals surface area contributed by atoms with Crippen LogP contribution in [0.25, 0.3) is 0 Å². The fraction of sp³-hybridized carbons (Fsp3) is 0.550. The molecule has 1 aliphatic rings. The van der Waals surface area contributed by atoms with Crippen molar-refractivity contribution in [2.24, 2.45) is 0 Å². The van der Waals surface area contributed by atoms with Gasteiger partial charge in [-0.05, 0) is 12.5 Å². The van der Waals surface area contributed by atoms with Crippen LogP contribution in [0.3, 0.4) is 0 Å². The fourth-order valence-electron chi connectivity index (χ4n) is 3.08. The summed E-state index contributed by atoms with van der Waals surface area (Å²) in [6, 6.07) is 9.42. The Morgan fingerprint density at radius 2 is 1.50 bits per heavy atom. The Balaban J connectivity index is 2.26. The molecule has 2 unspecified atom stereocenters. The molecule has 1 heterocycles. The number of benzene rings is 1. The first-order valence-electron chi connectivity index (χ1n) is 9.06. The van der Waals surface area contributed by atoms with Crippen molar-refractivity contribution < 1.29 is 38.1 Å². The van der Waals surface area contributed by atoms with Gasteiger partial charge >= 0.3 is 17.9 Å². The molecule has 2 rings (SSSR count). The molecular weight excluding hydrogens is 368 g/mol. The van der Waals surface area contributed by atoms with Crippen LogP contribution in [0.4, 0.5) is 0 Å². The highest BCUT2D eigenvalue weighted by molar-refractivity contribution is 5.67. The maximum Gasteiger partial charge on any atom is 0.303 e. The first-order valence-corrected chi connectivity index (χ1v) is 9.06. The van der Waals surface area contributed by atoms with Crippen LogP contribution in [-0.4, -0.2) is 55.0 Å². The molecular formula is C20H26O8. The van der Waals surface area contributed by atoms with Crippen molar-refractivity contribution in [2.45, 2.75) is 64.8 Å². The van der Waals surface area contributed by atoms with Crippen molar-refractivity contribution >= 4 is 17.9 Å². The molecule has 1 aromatic rings. The minimum absolute atomic E-state index is 0.115. The van der Waals surface area contributed by atoms with E-state index in [1.165, 1.54) is 20.8 Å². The molecule has 0 saturated carbocycles. The first kappa shape index (κ1) is 21.8. The monoisotopic (exact) mass is 394 g/mol. The molecule has 1 aromatic carbocycles. The summed E-state index contributed by atoms with van der Waals surface area (Å²) in [6.45, 7) is 5.64. The summed E-state index contributed by atoms with van der Waals surface area (Å²) in [5.74, 6) is -1.54. The van der Waals surface area contributed by atoms with E-state index in [1.54, 1.807) is 6.92 Å². The van der Waals surface area contributed by atoms with Gasteiger partial charge in [0, 0.05) is 20.8 Å². The Labute approximate surface area is 164 Å². The Morgan fingerprint density at radius 3 is 2.07 bits per heavy atom. The third-order valence-corrected chi connectivity index (χ3v) is 4.21. The molecule has 8 nitrogen and oxygen atoms in total. The van der Waals surface area contributed by atoms with Gasteiger partial charge in [0.05, 0.1) is 12.7 Å². The summed E-state index contributed by atoms with van der Waals surface area (Å²) in [5.41, 5.74) is 0.904. The summed E-state index contributed by atoms with van der Waals surface area (Å²) in [4.78, 5) is 34.5. The van der Waals surface area contributed by atoms with E-state index in [2.05, 4.69) is 0 Å². The Morgan fingerprint density at radius 1 is 0.893 bits per heavy atom. The van der Waals surface area contributed by atoms with Gasteiger partial charge < -0.3 is 23.7 Å². The standard InChI is InChI=1S/C20H26O8/c1-12-18(27-14(3)22)20(25-10-16-8-6-5-7-9-16)19(28-15(4)23)17(26-12)11-24-13(2)21/h5-9,12,17-20H,10-11H2,1-4H3/t12-,17?,18?,19-,20+/m1/s1. The smallest absolute Gasteiger partial charge is 0.303 e. The van der Waals surface area contributed by atoms with Crippen molar-refractivity contribution in [3.63, 3.8) is 0 Å². The molecule has 0 bridgehead atoms. The predicted octanol–water partition coefficient (Wildman–Crippen LogP) is 1.79. The summed E-state index contributed by atoms with van der Waals surface area (Å²) in [6.07, 6.45) is -3.81. The van der Waals surface area contributed by atoms with Gasteiger partial charge in [0.25, 0.3) is 0 Å². The lowest BCUT2D eigenvalue weighted by molar-refractivity contribution is -0.254. The maximum atomic E-state index is 11.7. The molecule has 1 fully saturated rings. The molecule has 1 aliphatic heterocycles. The van der Waals surface area contributed by atoms with Gasteiger partial charge in [-0.2, -0.15) is 0 Å². The van der Waals surface area contributed by atoms with Crippen LogP contribution in [0.15, 0.2) is 30.3 Å². The Kier molecular flexibility index (Phi) is 7.95. The van der Waals surface area contributed by atoms with Crippen LogP contribution < -0.4 is 0 Å². The van der Waals surface area contributed by atoms with E-state index in [1.807, 2.05) is 30.3 Å². The van der Waals surface area contributed by atoms with Gasteiger partial charge in [0.2, 0.25) is 0 Å². The van der Waals surface area contributed by atoms with E-state index in [4.69, 9.17) is 23.7 Å². The number of carbonyl (C=O) groups excluding carboxylic acids is 3. The number of rotatable bonds is 7. The van der Waals surface area contributed by atoms with E-state index in [0.717, 1.165) is 5.56 Å². The minimum Gasteiger partial charge on any atom is -0.463 e. The van der Waals surface area contributed by atoms with Crippen molar-refractivity contribution in [2.75, 3.05) is 6.61 Å². The van der Waals surface area contributed by atoms with Crippen molar-refractivity contribution in [3.8, 4) is 0 Å². The highest BCUT2D eigenvalue weighted by Gasteiger charge is 2.49. The molecule has 0 aromatic heterocycles. The molecule has 0 aliphatic carbocycles. The van der Waals surface area contributed by atoms with Gasteiger partial charge in [-0.25, -0.2) is 0 Å². The lowest BCUT2D eigenvalue weighted by atomic mass is 9.95. The highest BCUT2D eigenvalue weighted by atomic mass is 16.6. The fourth-order valence-corrected chi connectivity index (χ4v) is 3.08. The minimum atomic E-state index is -0.916. The SMILES string of the molecule is CC(=O)OCC1O[C@H](C)C(OC(C)=O)[C@H](OCc2ccccc2)[C@@H]1OC(C)=O. The van der Waals surface area contributed by atoms with E-state index < -0.39 is 48.4 Å². The molecule has 8 heteroatoms. The number of carbonyl (C=O) groups is 3. The quantitative estimate of drug-likeness (QED) is 0.510. The maximum absolute atomic E-state index is 11.7. The van der Waals surface area contributed by atoms with Gasteiger partial charge in [-0.15, -0.1) is 0 Å². The molecule has 5 atom stereocenters. The lowest BCUT2D eigenvalue weighted by Gasteiger charge is -2.44. The molecule has 154 valence electrons. The summed E-state index contributed by atoms with van der Waals surface area (Å²) in [7, 11) is 0. The Hall–Kier alpha value is -2.45. The van der Waals surface area contributed by atoms with Crippen LogP contribution >= 0.6 is 0 Å². The molecule has 28 heavy (non-hydrogen) atoms. The van der Waals surface area contributed by atoms with E-state index in [-0.39, 0.29) is 13.2 Å². The van der Waals surface area contributed by atoms with Crippen LogP contribution in [0.1, 0.15) is 33.3 Å². The summed E-state index contributed by atoms with van der Waals surface area (Å²) >= 11 is 0. The van der Waals surface area contributed by atoms with E-state index in [0.29, 0.717) is 0 Å². The summed E-state index contributed by atoms with van der Waals surface area (Å²) in [5, 5.41) is 0. The number of ether oxygens (including phenoxy) is 5. The van der Waals surface area contributed by atoms with Crippen molar-refractivity contribution in [3.05, 3.63) is 35.9 Å². The molecule has 0 spiro atoms. The second-order valence-electron chi connectivity index (χ2n) is 6.59. The van der Waals surface area contributed by atoms with Crippen LogP contribution in [0, 0.1) is 0 Å². The van der Waals surface area contributed by atoms with E-state index >= 15 is 0 Å². The topological polar surface area (TPSA) is 97.4 Å². The Bertz CT molecular complexity index is 674. The average molecular weight is 394 g/mol. The third kappa shape index (κ3) is 6.31. The van der Waals surface area contributed by atoms with Crippen molar-refractivity contribution in [1.29, 1.82) is 0 Å². The zero-order valence-electron chi connectivity index (χ0n) is 16.5. The van der Waals surface area contributed by atoms with Crippen LogP contribution in [0.2, 0.25) is 0 Å². The first-order chi connectivity index (χ1) is 13.3. The second kappa shape index (κ2) is 10.2. The molecule has 0 radical (unpaired) electrons. The van der Waals surface area contributed by atoms with Gasteiger partial charge in [0.1, 0.15) is 18.8 Å². The zero-order chi connectivity index (χ0) is 20.7. The van der Waals surface area contributed by atoms with E-state index in [9.17, 15) is 14.4 Å². The highest BCUT2D eigenvalue weighted by Crippen LogP contribution is 2.29. The number of esters is 3. The largest absolute Gasteiger partial charge is 0.463 e. The molecule has 0 N–H and O–H groups in total. The predicted molar refractivity (Wildman–Crippen MR) is 97.1 cm³/mol. The normalized spacial score (nSPS) is 26.9. The third-order valence-electron chi connectivity index (χ3n) is 4.21. The van der Waals surface area contributed by atoms with Gasteiger partial charge in [-0.1, -0.05) is 30.3 Å². The molecule has 0 amide bonds. The average Bonchev–Trinajstić information content (AvgIpc) is 2.62. The summed E-state index contributed by atoms with van der Waals surface area (Å²) < 4.78 is 27.7. The van der Waals surface area contributed by atoms with Crippen molar-refractivity contribution in [1.82, 2.24) is 0 Å². The number of hydrogen-bond donors (Lipinski definition) is 0. The van der Waals surface area contributed by atoms with Gasteiger partial charge in [0.15, 0.2) is 12.2 Å². The van der Waals surface area contributed by atoms with Crippen LogP contribution in [0.5, 0.6) is 0 Å².